The molecule has 2 aromatic heterocycles. The number of pyridine rings is 2. The molecule has 0 saturated heterocycles. The standard InChI is InChI=1S/2C12H9BrN2O.C6H4I2/c2*13-10-3-4-12(16)9(6-10)7-15-11-2-1-5-14-8-11;7-5-1-2-6(8)4-3-5/h2*1-8,16H;1-4H. The van der Waals surface area contributed by atoms with Crippen LogP contribution >= 0.6 is 77.0 Å². The fourth-order valence-electron chi connectivity index (χ4n) is 2.84. The van der Waals surface area contributed by atoms with E-state index in [2.05, 4.69) is 121 Å². The van der Waals surface area contributed by atoms with Gasteiger partial charge in [-0.15, -0.1) is 0 Å². The zero-order chi connectivity index (χ0) is 28.7. The maximum atomic E-state index is 9.59. The van der Waals surface area contributed by atoms with Crippen LogP contribution in [0.5, 0.6) is 11.5 Å². The summed E-state index contributed by atoms with van der Waals surface area (Å²) >= 11 is 11.3. The van der Waals surface area contributed by atoms with Crippen molar-refractivity contribution < 1.29 is 10.2 Å². The predicted octanol–water partition coefficient (Wildman–Crippen LogP) is 9.50. The summed E-state index contributed by atoms with van der Waals surface area (Å²) in [5, 5.41) is 19.2. The average molecular weight is 884 g/mol. The topological polar surface area (TPSA) is 91.0 Å². The van der Waals surface area contributed by atoms with Crippen LogP contribution in [0, 0.1) is 7.14 Å². The number of benzene rings is 3. The zero-order valence-corrected chi connectivity index (χ0v) is 28.2. The third-order valence-electron chi connectivity index (χ3n) is 4.78. The molecule has 0 spiro atoms. The van der Waals surface area contributed by atoms with Gasteiger partial charge in [-0.25, -0.2) is 0 Å². The fraction of sp³-hybridized carbons (Fsp3) is 0. The molecule has 0 amide bonds. The van der Waals surface area contributed by atoms with Crippen molar-refractivity contribution in [3.8, 4) is 11.5 Å². The van der Waals surface area contributed by atoms with Crippen LogP contribution in [0.3, 0.4) is 0 Å². The van der Waals surface area contributed by atoms with E-state index in [0.29, 0.717) is 11.1 Å². The first-order valence-electron chi connectivity index (χ1n) is 11.6. The van der Waals surface area contributed by atoms with Crippen molar-refractivity contribution in [2.45, 2.75) is 0 Å². The van der Waals surface area contributed by atoms with E-state index in [1.54, 1.807) is 73.6 Å². The van der Waals surface area contributed by atoms with Crippen molar-refractivity contribution in [3.05, 3.63) is 137 Å². The molecule has 2 heterocycles. The second-order valence-electron chi connectivity index (χ2n) is 7.78. The van der Waals surface area contributed by atoms with E-state index in [4.69, 9.17) is 0 Å². The highest BCUT2D eigenvalue weighted by atomic mass is 127. The van der Waals surface area contributed by atoms with Gasteiger partial charge in [0.25, 0.3) is 0 Å². The molecule has 0 fully saturated rings. The summed E-state index contributed by atoms with van der Waals surface area (Å²) in [6.45, 7) is 0. The van der Waals surface area contributed by atoms with E-state index >= 15 is 0 Å². The third-order valence-corrected chi connectivity index (χ3v) is 7.20. The number of hydrogen-bond donors (Lipinski definition) is 2. The molecule has 0 aliphatic rings. The predicted molar refractivity (Wildman–Crippen MR) is 186 cm³/mol. The summed E-state index contributed by atoms with van der Waals surface area (Å²) in [6, 6.07) is 26.1. The minimum Gasteiger partial charge on any atom is -0.507 e. The summed E-state index contributed by atoms with van der Waals surface area (Å²) in [6.07, 6.45) is 9.91. The summed E-state index contributed by atoms with van der Waals surface area (Å²) < 4.78 is 4.39. The number of rotatable bonds is 4. The first-order valence-corrected chi connectivity index (χ1v) is 15.3. The highest BCUT2D eigenvalue weighted by Crippen LogP contribution is 2.22. The van der Waals surface area contributed by atoms with Crippen molar-refractivity contribution in [2.24, 2.45) is 9.98 Å². The van der Waals surface area contributed by atoms with Crippen molar-refractivity contribution >= 4 is 101 Å². The van der Waals surface area contributed by atoms with Gasteiger partial charge in [0.1, 0.15) is 11.5 Å². The van der Waals surface area contributed by atoms with Gasteiger partial charge in [0.15, 0.2) is 0 Å². The molecule has 202 valence electrons. The molecule has 0 radical (unpaired) electrons. The number of aromatic nitrogens is 2. The van der Waals surface area contributed by atoms with Crippen LogP contribution in [-0.2, 0) is 0 Å². The monoisotopic (exact) mass is 882 g/mol. The lowest BCUT2D eigenvalue weighted by Crippen LogP contribution is -1.82. The van der Waals surface area contributed by atoms with E-state index in [1.165, 1.54) is 7.14 Å². The molecule has 0 unspecified atom stereocenters. The van der Waals surface area contributed by atoms with Crippen LogP contribution in [0.2, 0.25) is 0 Å². The van der Waals surface area contributed by atoms with Gasteiger partial charge in [-0.2, -0.15) is 0 Å². The summed E-state index contributed by atoms with van der Waals surface area (Å²) in [4.78, 5) is 16.3. The quantitative estimate of drug-likeness (QED) is 0.139. The van der Waals surface area contributed by atoms with Crippen LogP contribution in [0.15, 0.2) is 129 Å². The number of phenols is 2. The van der Waals surface area contributed by atoms with E-state index < -0.39 is 0 Å². The molecular weight excluding hydrogens is 862 g/mol. The van der Waals surface area contributed by atoms with Gasteiger partial charge in [-0.05, 0) is 130 Å². The molecule has 5 rings (SSSR count). The van der Waals surface area contributed by atoms with Gasteiger partial charge in [-0.1, -0.05) is 31.9 Å². The number of phenolic OH excluding ortho intramolecular Hbond substituents is 2. The molecule has 0 atom stereocenters. The molecule has 40 heavy (non-hydrogen) atoms. The number of aliphatic imine (C=N–C) groups is 2. The Hall–Kier alpha value is -2.68. The molecule has 0 saturated carbocycles. The Kier molecular flexibility index (Phi) is 13.7. The molecule has 3 aromatic carbocycles. The second kappa shape index (κ2) is 17.2. The Labute approximate surface area is 276 Å². The van der Waals surface area contributed by atoms with Gasteiger partial charge in [0, 0.05) is 52.0 Å². The van der Waals surface area contributed by atoms with E-state index in [0.717, 1.165) is 20.3 Å². The molecule has 0 bridgehead atoms. The van der Waals surface area contributed by atoms with E-state index in [9.17, 15) is 10.2 Å². The Balaban J connectivity index is 0.000000175. The maximum Gasteiger partial charge on any atom is 0.124 e. The van der Waals surface area contributed by atoms with Gasteiger partial charge < -0.3 is 10.2 Å². The first-order chi connectivity index (χ1) is 19.3. The minimum absolute atomic E-state index is 0.204. The first kappa shape index (κ1) is 31.8. The van der Waals surface area contributed by atoms with Crippen LogP contribution in [0.1, 0.15) is 11.1 Å². The lowest BCUT2D eigenvalue weighted by molar-refractivity contribution is 0.474. The average Bonchev–Trinajstić information content (AvgIpc) is 2.97. The molecule has 2 N–H and O–H groups in total. The van der Waals surface area contributed by atoms with Crippen molar-refractivity contribution in [2.75, 3.05) is 0 Å². The van der Waals surface area contributed by atoms with E-state index in [-0.39, 0.29) is 11.5 Å². The van der Waals surface area contributed by atoms with E-state index in [1.807, 2.05) is 24.3 Å². The SMILES string of the molecule is Ic1ccc(I)cc1.Oc1ccc(Br)cc1C=Nc1cccnc1.Oc1ccc(Br)cc1C=Nc1cccnc1. The molecule has 0 aliphatic heterocycles. The summed E-state index contributed by atoms with van der Waals surface area (Å²) in [5.74, 6) is 0.409. The van der Waals surface area contributed by atoms with Gasteiger partial charge >= 0.3 is 0 Å². The van der Waals surface area contributed by atoms with Gasteiger partial charge in [0.2, 0.25) is 0 Å². The fourth-order valence-corrected chi connectivity index (χ4v) is 4.31. The Morgan fingerprint density at radius 3 is 1.35 bits per heavy atom. The zero-order valence-electron chi connectivity index (χ0n) is 20.7. The van der Waals surface area contributed by atoms with Crippen molar-refractivity contribution in [3.63, 3.8) is 0 Å². The number of aromatic hydroxyl groups is 2. The number of nitrogens with zero attached hydrogens (tertiary/aromatic N) is 4. The van der Waals surface area contributed by atoms with Gasteiger partial charge in [0.05, 0.1) is 23.8 Å². The molecule has 6 nitrogen and oxygen atoms in total. The number of halogens is 4. The van der Waals surface area contributed by atoms with Crippen molar-refractivity contribution in [1.29, 1.82) is 0 Å². The molecule has 5 aromatic rings. The highest BCUT2D eigenvalue weighted by Gasteiger charge is 1.99. The highest BCUT2D eigenvalue weighted by molar-refractivity contribution is 14.1. The smallest absolute Gasteiger partial charge is 0.124 e. The van der Waals surface area contributed by atoms with Crippen LogP contribution < -0.4 is 0 Å². The molecular formula is C30H22Br2I2N4O2. The van der Waals surface area contributed by atoms with Gasteiger partial charge in [-0.3, -0.25) is 20.0 Å². The molecule has 10 heteroatoms. The second-order valence-corrected chi connectivity index (χ2v) is 12.1. The molecule has 0 aliphatic carbocycles. The van der Waals surface area contributed by atoms with Crippen LogP contribution in [-0.4, -0.2) is 32.6 Å². The summed E-state index contributed by atoms with van der Waals surface area (Å²) in [5.41, 5.74) is 2.83. The van der Waals surface area contributed by atoms with Crippen LogP contribution in [0.4, 0.5) is 11.4 Å². The lowest BCUT2D eigenvalue weighted by atomic mass is 10.2. The number of hydrogen-bond acceptors (Lipinski definition) is 6. The Morgan fingerprint density at radius 2 is 1.00 bits per heavy atom. The largest absolute Gasteiger partial charge is 0.507 e. The minimum atomic E-state index is 0.204. The normalized spacial score (nSPS) is 10.5. The van der Waals surface area contributed by atoms with Crippen LogP contribution in [0.25, 0.3) is 0 Å². The van der Waals surface area contributed by atoms with Crippen molar-refractivity contribution in [1.82, 2.24) is 9.97 Å². The lowest BCUT2D eigenvalue weighted by Gasteiger charge is -1.98. The Bertz CT molecular complexity index is 1440. The summed E-state index contributed by atoms with van der Waals surface area (Å²) in [7, 11) is 0. The Morgan fingerprint density at radius 1 is 0.600 bits per heavy atom. The maximum absolute atomic E-state index is 9.59. The third kappa shape index (κ3) is 11.8.